The van der Waals surface area contributed by atoms with Crippen LogP contribution in [0.15, 0.2) is 0 Å². The van der Waals surface area contributed by atoms with Gasteiger partial charge in [-0.15, -0.1) is 10.2 Å². The molecule has 0 bridgehead atoms. The zero-order valence-electron chi connectivity index (χ0n) is 5.02. The number of aromatic nitrogens is 2. The van der Waals surface area contributed by atoms with Crippen molar-refractivity contribution >= 4 is 33.9 Å². The molecule has 0 aromatic carbocycles. The van der Waals surface area contributed by atoms with Gasteiger partial charge in [0.25, 0.3) is 0 Å². The van der Waals surface area contributed by atoms with Gasteiger partial charge in [0, 0.05) is 0 Å². The van der Waals surface area contributed by atoms with Crippen LogP contribution in [0.2, 0.25) is 0 Å². The van der Waals surface area contributed by atoms with Crippen LogP contribution in [0, 0.1) is 3.01 Å². The lowest BCUT2D eigenvalue weighted by Crippen LogP contribution is -2.11. The highest BCUT2D eigenvalue weighted by atomic mass is 127. The second-order valence-electron chi connectivity index (χ2n) is 1.74. The predicted molar refractivity (Wildman–Crippen MR) is 42.4 cm³/mol. The highest BCUT2D eigenvalue weighted by Crippen LogP contribution is 2.23. The molecule has 0 aliphatic carbocycles. The molecule has 0 N–H and O–H groups in total. The smallest absolute Gasteiger partial charge is 0.171 e. The quantitative estimate of drug-likeness (QED) is 0.742. The molecule has 0 radical (unpaired) electrons. The molecule has 0 aliphatic heterocycles. The van der Waals surface area contributed by atoms with Gasteiger partial charge < -0.3 is 0 Å². The van der Waals surface area contributed by atoms with Crippen LogP contribution in [-0.4, -0.2) is 16.4 Å². The molecular weight excluding hydrogens is 292 g/mol. The molecule has 1 rings (SSSR count). The maximum Gasteiger partial charge on any atom is 0.395 e. The molecule has 7 heteroatoms. The van der Waals surface area contributed by atoms with E-state index in [4.69, 9.17) is 0 Å². The summed E-state index contributed by atoms with van der Waals surface area (Å²) in [4.78, 5) is 0. The molecule has 0 saturated carbocycles. The third-order valence-electron chi connectivity index (χ3n) is 0.794. The number of halogens is 4. The fourth-order valence-corrected chi connectivity index (χ4v) is 1.94. The summed E-state index contributed by atoms with van der Waals surface area (Å²) in [6, 6.07) is 0. The third kappa shape index (κ3) is 3.32. The highest BCUT2D eigenvalue weighted by Gasteiger charge is 2.29. The van der Waals surface area contributed by atoms with E-state index in [0.29, 0.717) is 3.01 Å². The largest absolute Gasteiger partial charge is 0.395 e. The zero-order chi connectivity index (χ0) is 8.48. The molecule has 0 amide bonds. The van der Waals surface area contributed by atoms with Crippen molar-refractivity contribution in [2.75, 3.05) is 0 Å². The highest BCUT2D eigenvalue weighted by molar-refractivity contribution is 14.1. The van der Waals surface area contributed by atoms with Crippen LogP contribution in [0.1, 0.15) is 5.01 Å². The van der Waals surface area contributed by atoms with Gasteiger partial charge in [-0.3, -0.25) is 0 Å². The average molecular weight is 294 g/mol. The molecule has 0 fully saturated rings. The standard InChI is InChI=1S/C4H2F3IN2S/c5-4(6,7)1-2-9-10-3(8)11-2/h1H2. The fraction of sp³-hybridized carbons (Fsp3) is 0.500. The molecule has 2 nitrogen and oxygen atoms in total. The first kappa shape index (κ1) is 9.17. The Labute approximate surface area is 78.0 Å². The van der Waals surface area contributed by atoms with Crippen LogP contribution >= 0.6 is 33.9 Å². The van der Waals surface area contributed by atoms with E-state index in [9.17, 15) is 13.2 Å². The maximum atomic E-state index is 11.7. The van der Waals surface area contributed by atoms with Crippen molar-refractivity contribution in [2.45, 2.75) is 12.6 Å². The topological polar surface area (TPSA) is 25.8 Å². The molecule has 0 atom stereocenters. The van der Waals surface area contributed by atoms with Crippen molar-refractivity contribution < 1.29 is 13.2 Å². The van der Waals surface area contributed by atoms with Crippen LogP contribution in [0.25, 0.3) is 0 Å². The number of alkyl halides is 3. The summed E-state index contributed by atoms with van der Waals surface area (Å²) in [6.45, 7) is 0. The van der Waals surface area contributed by atoms with Gasteiger partial charge >= 0.3 is 6.18 Å². The van der Waals surface area contributed by atoms with Gasteiger partial charge in [0.15, 0.2) is 3.01 Å². The van der Waals surface area contributed by atoms with E-state index >= 15 is 0 Å². The monoisotopic (exact) mass is 294 g/mol. The lowest BCUT2D eigenvalue weighted by atomic mass is 10.4. The number of hydrogen-bond acceptors (Lipinski definition) is 3. The van der Waals surface area contributed by atoms with Crippen molar-refractivity contribution in [3.8, 4) is 0 Å². The van der Waals surface area contributed by atoms with Gasteiger partial charge in [-0.05, 0) is 22.6 Å². The molecule has 0 aliphatic rings. The zero-order valence-corrected chi connectivity index (χ0v) is 8.00. The average Bonchev–Trinajstić information content (AvgIpc) is 2.10. The van der Waals surface area contributed by atoms with Crippen molar-refractivity contribution in [1.29, 1.82) is 0 Å². The second-order valence-corrected chi connectivity index (χ2v) is 4.56. The van der Waals surface area contributed by atoms with Gasteiger partial charge in [0.1, 0.15) is 5.01 Å². The Hall–Kier alpha value is 0.0800. The van der Waals surface area contributed by atoms with E-state index in [0.717, 1.165) is 11.3 Å². The van der Waals surface area contributed by atoms with E-state index < -0.39 is 12.6 Å². The summed E-state index contributed by atoms with van der Waals surface area (Å²) in [6.07, 6.45) is -5.16. The Morgan fingerprint density at radius 3 is 2.36 bits per heavy atom. The van der Waals surface area contributed by atoms with Crippen molar-refractivity contribution in [3.63, 3.8) is 0 Å². The fourth-order valence-electron chi connectivity index (χ4n) is 0.476. The first-order valence-electron chi connectivity index (χ1n) is 2.52. The summed E-state index contributed by atoms with van der Waals surface area (Å²) < 4.78 is 35.6. The summed E-state index contributed by atoms with van der Waals surface area (Å²) in [5, 5.41) is 6.81. The van der Waals surface area contributed by atoms with Gasteiger partial charge in [-0.2, -0.15) is 13.2 Å². The Morgan fingerprint density at radius 1 is 1.36 bits per heavy atom. The normalized spacial score (nSPS) is 12.0. The molecule has 11 heavy (non-hydrogen) atoms. The lowest BCUT2D eigenvalue weighted by Gasteiger charge is -2.00. The van der Waals surface area contributed by atoms with E-state index in [1.807, 2.05) is 22.6 Å². The number of rotatable bonds is 1. The summed E-state index contributed by atoms with van der Waals surface area (Å²) in [5.74, 6) is 0. The SMILES string of the molecule is FC(F)(F)Cc1nnc(I)s1. The van der Waals surface area contributed by atoms with Gasteiger partial charge in [0.2, 0.25) is 0 Å². The van der Waals surface area contributed by atoms with Gasteiger partial charge in [-0.1, -0.05) is 11.3 Å². The molecular formula is C4H2F3IN2S. The second kappa shape index (κ2) is 3.21. The van der Waals surface area contributed by atoms with E-state index in [1.165, 1.54) is 0 Å². The van der Waals surface area contributed by atoms with Crippen LogP contribution in [0.4, 0.5) is 13.2 Å². The summed E-state index contributed by atoms with van der Waals surface area (Å²) in [7, 11) is 0. The van der Waals surface area contributed by atoms with Gasteiger partial charge in [-0.25, -0.2) is 0 Å². The Balaban J connectivity index is 2.65. The molecule has 0 spiro atoms. The third-order valence-corrected chi connectivity index (χ3v) is 2.38. The van der Waals surface area contributed by atoms with E-state index in [-0.39, 0.29) is 5.01 Å². The van der Waals surface area contributed by atoms with Gasteiger partial charge in [0.05, 0.1) is 6.42 Å². The molecule has 1 heterocycles. The molecule has 0 unspecified atom stereocenters. The molecule has 62 valence electrons. The van der Waals surface area contributed by atoms with Crippen LogP contribution in [-0.2, 0) is 6.42 Å². The van der Waals surface area contributed by atoms with Crippen molar-refractivity contribution in [2.24, 2.45) is 0 Å². The van der Waals surface area contributed by atoms with Crippen molar-refractivity contribution in [3.05, 3.63) is 8.02 Å². The van der Waals surface area contributed by atoms with Crippen molar-refractivity contribution in [1.82, 2.24) is 10.2 Å². The maximum absolute atomic E-state index is 11.7. The molecule has 0 saturated heterocycles. The van der Waals surface area contributed by atoms with E-state index in [2.05, 4.69) is 10.2 Å². The number of nitrogens with zero attached hydrogens (tertiary/aromatic N) is 2. The minimum Gasteiger partial charge on any atom is -0.171 e. The Kier molecular flexibility index (Phi) is 2.68. The summed E-state index contributed by atoms with van der Waals surface area (Å²) >= 11 is 2.79. The number of hydrogen-bond donors (Lipinski definition) is 0. The van der Waals surface area contributed by atoms with Crippen LogP contribution in [0.5, 0.6) is 0 Å². The first-order valence-corrected chi connectivity index (χ1v) is 4.41. The summed E-state index contributed by atoms with van der Waals surface area (Å²) in [5.41, 5.74) is 0. The molecule has 1 aromatic rings. The van der Waals surface area contributed by atoms with Crippen LogP contribution in [0.3, 0.4) is 0 Å². The predicted octanol–water partition coefficient (Wildman–Crippen LogP) is 2.25. The molecule has 1 aromatic heterocycles. The lowest BCUT2D eigenvalue weighted by molar-refractivity contribution is -0.127. The first-order chi connectivity index (χ1) is 4.97. The Morgan fingerprint density at radius 2 is 2.00 bits per heavy atom. The Bertz CT molecular complexity index is 246. The van der Waals surface area contributed by atoms with Crippen LogP contribution < -0.4 is 0 Å². The van der Waals surface area contributed by atoms with E-state index in [1.54, 1.807) is 0 Å². The minimum absolute atomic E-state index is 0.0156. The minimum atomic E-state index is -4.18.